The first kappa shape index (κ1) is 8.89. The second-order valence-corrected chi connectivity index (χ2v) is 1.45. The largest absolute Gasteiger partial charge is 0.481 e. The molecule has 0 rings (SSSR count). The van der Waals surface area contributed by atoms with E-state index in [0.29, 0.717) is 0 Å². The number of hydrogen-bond donors (Lipinski definition) is 3. The van der Waals surface area contributed by atoms with Crippen molar-refractivity contribution in [3.8, 4) is 0 Å². The molecule has 0 aromatic carbocycles. The number of carboxylic acid groups (broad SMARTS) is 1. The number of nitrogens with zero attached hydrogens (tertiary/aromatic N) is 1. The molecule has 0 heterocycles. The Balaban J connectivity index is 3.54. The molecule has 0 aliphatic carbocycles. The van der Waals surface area contributed by atoms with Crippen molar-refractivity contribution in [2.24, 2.45) is 0 Å². The van der Waals surface area contributed by atoms with Gasteiger partial charge in [0.25, 0.3) is 0 Å². The van der Waals surface area contributed by atoms with E-state index in [2.05, 4.69) is 11.4 Å². The molecule has 0 unspecified atom stereocenters. The van der Waals surface area contributed by atoms with Gasteiger partial charge in [0.1, 0.15) is 17.6 Å². The summed E-state index contributed by atoms with van der Waals surface area (Å²) in [5, 5.41) is 23.4. The lowest BCUT2D eigenvalue weighted by molar-refractivity contribution is -0.478. The third-order valence-corrected chi connectivity index (χ3v) is 0.559. The van der Waals surface area contributed by atoms with E-state index >= 15 is 0 Å². The Labute approximate surface area is 56.4 Å². The van der Waals surface area contributed by atoms with Crippen LogP contribution in [0.3, 0.4) is 0 Å². The van der Waals surface area contributed by atoms with Crippen molar-refractivity contribution >= 4 is 5.97 Å². The van der Waals surface area contributed by atoms with E-state index < -0.39 is 17.8 Å². The number of rotatable bonds is 4. The molecule has 0 spiro atoms. The van der Waals surface area contributed by atoms with Crippen LogP contribution in [0.5, 0.6) is 0 Å². The molecule has 0 saturated heterocycles. The highest BCUT2D eigenvalue weighted by Crippen LogP contribution is 1.99. The smallest absolute Gasteiger partial charge is 0.311 e. The zero-order valence-corrected chi connectivity index (χ0v) is 5.02. The molecule has 0 aromatic rings. The maximum atomic E-state index is 9.87. The Bertz CT molecular complexity index is 143. The molecule has 0 aliphatic heterocycles. The van der Waals surface area contributed by atoms with Gasteiger partial charge < -0.3 is 9.94 Å². The quantitative estimate of drug-likeness (QED) is 0.384. The van der Waals surface area contributed by atoms with E-state index in [-0.39, 0.29) is 5.76 Å². The fourth-order valence-electron chi connectivity index (χ4n) is 0.316. The van der Waals surface area contributed by atoms with Crippen LogP contribution in [0.2, 0.25) is 0 Å². The summed E-state index contributed by atoms with van der Waals surface area (Å²) >= 11 is 0. The van der Waals surface area contributed by atoms with E-state index in [1.165, 1.54) is 0 Å². The van der Waals surface area contributed by atoms with E-state index in [1.54, 1.807) is 0 Å². The van der Waals surface area contributed by atoms with Crippen molar-refractivity contribution in [2.45, 2.75) is 6.42 Å². The van der Waals surface area contributed by atoms with Crippen LogP contribution in [0.1, 0.15) is 6.42 Å². The van der Waals surface area contributed by atoms with Gasteiger partial charge in [0.2, 0.25) is 0 Å². The molecule has 0 aliphatic rings. The molecule has 58 valence electrons. The predicted octanol–water partition coefficient (Wildman–Crippen LogP) is -0.0132. The first-order valence-corrected chi connectivity index (χ1v) is 2.28. The third kappa shape index (κ3) is 5.04. The number of aliphatic carboxylic acids is 1. The Hall–Kier alpha value is -1.11. The Kier molecular flexibility index (Phi) is 3.40. The minimum Gasteiger partial charge on any atom is -0.481 e. The Morgan fingerprint density at radius 1 is 1.60 bits per heavy atom. The first-order chi connectivity index (χ1) is 4.52. The van der Waals surface area contributed by atoms with Crippen molar-refractivity contribution in [3.63, 3.8) is 0 Å². The highest BCUT2D eigenvalue weighted by atomic mass is 17.1. The summed E-state index contributed by atoms with van der Waals surface area (Å²) in [5.74, 6) is -1.43. The topological polar surface area (TPSA) is 90.2 Å². The summed E-state index contributed by atoms with van der Waals surface area (Å²) in [4.78, 5) is 13.8. The van der Waals surface area contributed by atoms with Gasteiger partial charge in [-0.05, 0) is 0 Å². The lowest BCUT2D eigenvalue weighted by atomic mass is 10.4. The van der Waals surface area contributed by atoms with Gasteiger partial charge in [0.05, 0.1) is 0 Å². The van der Waals surface area contributed by atoms with E-state index in [0.717, 1.165) is 0 Å². The molecule has 3 N–H and O–H groups in total. The van der Waals surface area contributed by atoms with Crippen molar-refractivity contribution in [2.75, 3.05) is 0 Å². The Morgan fingerprint density at radius 2 is 2.10 bits per heavy atom. The molecular weight excluding hydrogens is 142 g/mol. The van der Waals surface area contributed by atoms with Gasteiger partial charge in [0, 0.05) is 0 Å². The Morgan fingerprint density at radius 3 is 2.40 bits per heavy atom. The van der Waals surface area contributed by atoms with Crippen molar-refractivity contribution < 1.29 is 25.2 Å². The van der Waals surface area contributed by atoms with Crippen LogP contribution in [0, 0.1) is 0 Å². The first-order valence-electron chi connectivity index (χ1n) is 2.28. The van der Waals surface area contributed by atoms with Crippen LogP contribution in [0.15, 0.2) is 12.3 Å². The standard InChI is InChI=1S/C4H7NO5/c1-3(2-4(6)7)10-5(8)9/h8-9H,1-2H2,(H,6,7). The van der Waals surface area contributed by atoms with Crippen molar-refractivity contribution in [1.82, 2.24) is 5.39 Å². The average molecular weight is 149 g/mol. The predicted molar refractivity (Wildman–Crippen MR) is 27.9 cm³/mol. The zero-order chi connectivity index (χ0) is 8.15. The monoisotopic (exact) mass is 149 g/mol. The maximum absolute atomic E-state index is 9.87. The van der Waals surface area contributed by atoms with Gasteiger partial charge in [-0.15, -0.1) is 0 Å². The summed E-state index contributed by atoms with van der Waals surface area (Å²) in [5.41, 5.74) is 0. The second-order valence-electron chi connectivity index (χ2n) is 1.45. The summed E-state index contributed by atoms with van der Waals surface area (Å²) in [6, 6.07) is 0. The highest BCUT2D eigenvalue weighted by Gasteiger charge is 2.04. The molecule has 0 amide bonds. The minimum atomic E-state index is -1.16. The van der Waals surface area contributed by atoms with E-state index in [1.807, 2.05) is 0 Å². The minimum absolute atomic E-state index is 0.266. The van der Waals surface area contributed by atoms with Crippen molar-refractivity contribution in [1.29, 1.82) is 0 Å². The molecule has 6 heteroatoms. The maximum Gasteiger partial charge on any atom is 0.311 e. The van der Waals surface area contributed by atoms with Crippen LogP contribution in [-0.4, -0.2) is 26.9 Å². The van der Waals surface area contributed by atoms with Crippen LogP contribution in [0.25, 0.3) is 0 Å². The number of hydrogen-bond acceptors (Lipinski definition) is 5. The van der Waals surface area contributed by atoms with Crippen LogP contribution in [-0.2, 0) is 9.63 Å². The molecule has 0 atom stereocenters. The van der Waals surface area contributed by atoms with Gasteiger partial charge in [0.15, 0.2) is 0 Å². The van der Waals surface area contributed by atoms with E-state index in [9.17, 15) is 4.79 Å². The van der Waals surface area contributed by atoms with Crippen molar-refractivity contribution in [3.05, 3.63) is 12.3 Å². The van der Waals surface area contributed by atoms with E-state index in [4.69, 9.17) is 15.5 Å². The summed E-state index contributed by atoms with van der Waals surface area (Å²) in [6.07, 6.45) is -0.475. The molecular formula is C4H7NO5. The molecule has 0 saturated carbocycles. The normalized spacial score (nSPS) is 9.50. The fraction of sp³-hybridized carbons (Fsp3) is 0.250. The van der Waals surface area contributed by atoms with Gasteiger partial charge in [-0.2, -0.15) is 0 Å². The van der Waals surface area contributed by atoms with Gasteiger partial charge in [-0.3, -0.25) is 15.2 Å². The lowest BCUT2D eigenvalue weighted by Gasteiger charge is -2.06. The molecule has 0 radical (unpaired) electrons. The fourth-order valence-corrected chi connectivity index (χ4v) is 0.316. The molecule has 0 aromatic heterocycles. The van der Waals surface area contributed by atoms with Gasteiger partial charge in [-0.1, -0.05) is 6.58 Å². The number of carboxylic acids is 1. The van der Waals surface area contributed by atoms with Gasteiger partial charge in [-0.25, -0.2) is 0 Å². The third-order valence-electron chi connectivity index (χ3n) is 0.559. The lowest BCUT2D eigenvalue weighted by Crippen LogP contribution is -2.14. The molecule has 6 nitrogen and oxygen atoms in total. The summed E-state index contributed by atoms with van der Waals surface area (Å²) < 4.78 is 0. The SMILES string of the molecule is C=C(CC(=O)O)ON(O)O. The van der Waals surface area contributed by atoms with Crippen LogP contribution < -0.4 is 0 Å². The van der Waals surface area contributed by atoms with Crippen LogP contribution in [0.4, 0.5) is 0 Å². The molecule has 0 bridgehead atoms. The average Bonchev–Trinajstić information content (AvgIpc) is 1.58. The highest BCUT2D eigenvalue weighted by molar-refractivity contribution is 5.69. The van der Waals surface area contributed by atoms with Gasteiger partial charge >= 0.3 is 5.97 Å². The summed E-state index contributed by atoms with van der Waals surface area (Å²) in [6.45, 7) is 3.07. The van der Waals surface area contributed by atoms with Crippen LogP contribution >= 0.6 is 0 Å². The molecule has 10 heavy (non-hydrogen) atoms. The zero-order valence-electron chi connectivity index (χ0n) is 5.02. The molecule has 0 fully saturated rings. The second kappa shape index (κ2) is 3.83. The summed E-state index contributed by atoms with van der Waals surface area (Å²) in [7, 11) is 0. The number of carbonyl (C=O) groups is 1.